The van der Waals surface area contributed by atoms with E-state index in [1.165, 1.54) is 32.1 Å². The van der Waals surface area contributed by atoms with E-state index in [9.17, 15) is 0 Å². The average Bonchev–Trinajstić information content (AvgIpc) is 2.64. The molecule has 1 fully saturated rings. The van der Waals surface area contributed by atoms with Gasteiger partial charge in [-0.15, -0.1) is 6.42 Å². The van der Waals surface area contributed by atoms with Crippen molar-refractivity contribution in [3.8, 4) is 12.3 Å². The third-order valence-electron chi connectivity index (χ3n) is 2.91. The van der Waals surface area contributed by atoms with Gasteiger partial charge in [0.2, 0.25) is 0 Å². The van der Waals surface area contributed by atoms with E-state index in [4.69, 9.17) is 6.42 Å². The second kappa shape index (κ2) is 6.05. The van der Waals surface area contributed by atoms with Gasteiger partial charge in [0.25, 0.3) is 0 Å². The first-order valence-electron chi connectivity index (χ1n) is 5.56. The topological polar surface area (TPSA) is 12.0 Å². The van der Waals surface area contributed by atoms with Crippen molar-refractivity contribution in [1.82, 2.24) is 5.32 Å². The minimum atomic E-state index is 0.311. The second-order valence-electron chi connectivity index (χ2n) is 4.07. The van der Waals surface area contributed by atoms with Gasteiger partial charge in [-0.2, -0.15) is 0 Å². The first kappa shape index (κ1) is 10.6. The van der Waals surface area contributed by atoms with Gasteiger partial charge in [0, 0.05) is 0 Å². The molecule has 0 aliphatic heterocycles. The van der Waals surface area contributed by atoms with Gasteiger partial charge < -0.3 is 5.32 Å². The van der Waals surface area contributed by atoms with E-state index >= 15 is 0 Å². The van der Waals surface area contributed by atoms with Gasteiger partial charge in [0.05, 0.1) is 6.04 Å². The molecular weight excluding hydrogens is 158 g/mol. The maximum atomic E-state index is 5.43. The summed E-state index contributed by atoms with van der Waals surface area (Å²) in [5.41, 5.74) is 0. The lowest BCUT2D eigenvalue weighted by atomic mass is 10.1. The van der Waals surface area contributed by atoms with E-state index in [1.54, 1.807) is 0 Å². The van der Waals surface area contributed by atoms with Gasteiger partial charge in [-0.05, 0) is 31.7 Å². The van der Waals surface area contributed by atoms with Gasteiger partial charge in [-0.1, -0.05) is 32.1 Å². The monoisotopic (exact) mass is 179 g/mol. The fourth-order valence-electron chi connectivity index (χ4n) is 2.06. The van der Waals surface area contributed by atoms with Crippen LogP contribution in [0.15, 0.2) is 0 Å². The molecule has 1 saturated carbocycles. The van der Waals surface area contributed by atoms with E-state index in [0.717, 1.165) is 18.9 Å². The number of hydrogen-bond acceptors (Lipinski definition) is 1. The Labute approximate surface area is 82.3 Å². The van der Waals surface area contributed by atoms with Crippen molar-refractivity contribution in [1.29, 1.82) is 0 Å². The molecule has 0 radical (unpaired) electrons. The Bertz CT molecular complexity index is 162. The molecule has 1 heteroatoms. The molecule has 0 heterocycles. The van der Waals surface area contributed by atoms with Crippen molar-refractivity contribution in [3.63, 3.8) is 0 Å². The van der Waals surface area contributed by atoms with Gasteiger partial charge in [0.15, 0.2) is 0 Å². The minimum Gasteiger partial charge on any atom is -0.303 e. The molecule has 1 N–H and O–H groups in total. The quantitative estimate of drug-likeness (QED) is 0.640. The Balaban J connectivity index is 2.12. The smallest absolute Gasteiger partial charge is 0.0686 e. The second-order valence-corrected chi connectivity index (χ2v) is 4.07. The molecule has 0 aromatic rings. The summed E-state index contributed by atoms with van der Waals surface area (Å²) in [6, 6.07) is 0.311. The van der Waals surface area contributed by atoms with Crippen molar-refractivity contribution < 1.29 is 0 Å². The maximum absolute atomic E-state index is 5.43. The maximum Gasteiger partial charge on any atom is 0.0686 e. The molecule has 1 aliphatic rings. The van der Waals surface area contributed by atoms with Gasteiger partial charge >= 0.3 is 0 Å². The van der Waals surface area contributed by atoms with Gasteiger partial charge in [-0.25, -0.2) is 0 Å². The largest absolute Gasteiger partial charge is 0.303 e. The molecule has 1 aliphatic carbocycles. The summed E-state index contributed by atoms with van der Waals surface area (Å²) in [7, 11) is 0. The van der Waals surface area contributed by atoms with E-state index in [-0.39, 0.29) is 0 Å². The van der Waals surface area contributed by atoms with Gasteiger partial charge in [0.1, 0.15) is 0 Å². The number of hydrogen-bond donors (Lipinski definition) is 1. The van der Waals surface area contributed by atoms with Crippen LogP contribution in [-0.4, -0.2) is 12.6 Å². The van der Waals surface area contributed by atoms with Crippen LogP contribution in [0.5, 0.6) is 0 Å². The molecule has 0 spiro atoms. The van der Waals surface area contributed by atoms with Crippen LogP contribution in [0.25, 0.3) is 0 Å². The Kier molecular flexibility index (Phi) is 4.93. The van der Waals surface area contributed by atoms with Crippen LogP contribution in [0.2, 0.25) is 0 Å². The lowest BCUT2D eigenvalue weighted by Gasteiger charge is -2.15. The number of rotatable bonds is 5. The summed E-state index contributed by atoms with van der Waals surface area (Å²) in [6.45, 7) is 3.32. The van der Waals surface area contributed by atoms with Crippen LogP contribution in [0.4, 0.5) is 0 Å². The van der Waals surface area contributed by atoms with Crippen LogP contribution in [0.1, 0.15) is 45.4 Å². The normalized spacial score (nSPS) is 20.0. The molecular formula is C12H21N. The highest BCUT2D eigenvalue weighted by atomic mass is 14.9. The minimum absolute atomic E-state index is 0.311. The molecule has 1 atom stereocenters. The molecule has 0 bridgehead atoms. The summed E-state index contributed by atoms with van der Waals surface area (Å²) in [6.07, 6.45) is 13.4. The third kappa shape index (κ3) is 3.83. The predicted octanol–water partition coefficient (Wildman–Crippen LogP) is 2.57. The zero-order chi connectivity index (χ0) is 9.52. The van der Waals surface area contributed by atoms with Crippen molar-refractivity contribution in [2.75, 3.05) is 6.54 Å². The van der Waals surface area contributed by atoms with Crippen molar-refractivity contribution in [3.05, 3.63) is 0 Å². The highest BCUT2D eigenvalue weighted by molar-refractivity contribution is 4.98. The van der Waals surface area contributed by atoms with Crippen LogP contribution in [0, 0.1) is 18.3 Å². The predicted molar refractivity (Wildman–Crippen MR) is 57.5 cm³/mol. The fraction of sp³-hybridized carbons (Fsp3) is 0.833. The Morgan fingerprint density at radius 1 is 1.46 bits per heavy atom. The van der Waals surface area contributed by atoms with Crippen LogP contribution >= 0.6 is 0 Å². The summed E-state index contributed by atoms with van der Waals surface area (Å²) in [5, 5.41) is 3.48. The molecule has 0 aromatic carbocycles. The lowest BCUT2D eigenvalue weighted by molar-refractivity contribution is 0.455. The van der Waals surface area contributed by atoms with E-state index in [1.807, 2.05) is 0 Å². The van der Waals surface area contributed by atoms with E-state index < -0.39 is 0 Å². The first-order valence-corrected chi connectivity index (χ1v) is 5.56. The Hall–Kier alpha value is -0.480. The molecule has 1 rings (SSSR count). The molecule has 0 aromatic heterocycles. The summed E-state index contributed by atoms with van der Waals surface area (Å²) < 4.78 is 0. The first-order chi connectivity index (χ1) is 6.36. The molecule has 1 nitrogen and oxygen atoms in total. The lowest BCUT2D eigenvalue weighted by Crippen LogP contribution is -2.31. The standard InChI is InChI=1S/C12H21N/c1-3-7-12(4-2)13-10-11-8-5-6-9-11/h2,11-13H,3,5-10H2,1H3. The Morgan fingerprint density at radius 3 is 2.69 bits per heavy atom. The zero-order valence-electron chi connectivity index (χ0n) is 8.68. The highest BCUT2D eigenvalue weighted by Crippen LogP contribution is 2.23. The summed E-state index contributed by atoms with van der Waals surface area (Å²) in [4.78, 5) is 0. The van der Waals surface area contributed by atoms with Crippen molar-refractivity contribution in [2.45, 2.75) is 51.5 Å². The summed E-state index contributed by atoms with van der Waals surface area (Å²) in [5.74, 6) is 3.71. The summed E-state index contributed by atoms with van der Waals surface area (Å²) >= 11 is 0. The molecule has 0 amide bonds. The van der Waals surface area contributed by atoms with E-state index in [2.05, 4.69) is 18.2 Å². The van der Waals surface area contributed by atoms with Crippen molar-refractivity contribution in [2.24, 2.45) is 5.92 Å². The SMILES string of the molecule is C#CC(CCC)NCC1CCCC1. The molecule has 13 heavy (non-hydrogen) atoms. The van der Waals surface area contributed by atoms with Crippen LogP contribution in [0.3, 0.4) is 0 Å². The van der Waals surface area contributed by atoms with Gasteiger partial charge in [-0.3, -0.25) is 0 Å². The molecule has 0 saturated heterocycles. The average molecular weight is 179 g/mol. The Morgan fingerprint density at radius 2 is 2.15 bits per heavy atom. The van der Waals surface area contributed by atoms with E-state index in [0.29, 0.717) is 6.04 Å². The van der Waals surface area contributed by atoms with Crippen LogP contribution < -0.4 is 5.32 Å². The highest BCUT2D eigenvalue weighted by Gasteiger charge is 2.15. The fourth-order valence-corrected chi connectivity index (χ4v) is 2.06. The van der Waals surface area contributed by atoms with Crippen molar-refractivity contribution >= 4 is 0 Å². The zero-order valence-corrected chi connectivity index (χ0v) is 8.68. The third-order valence-corrected chi connectivity index (χ3v) is 2.91. The molecule has 1 unspecified atom stereocenters. The van der Waals surface area contributed by atoms with Crippen LogP contribution in [-0.2, 0) is 0 Å². The molecule has 74 valence electrons. The number of nitrogens with one attached hydrogen (secondary N) is 1. The number of terminal acetylenes is 1.